The molecule has 5 nitrogen and oxygen atoms in total. The summed E-state index contributed by atoms with van der Waals surface area (Å²) in [5.41, 5.74) is 1.10. The fourth-order valence-corrected chi connectivity index (χ4v) is 1.73. The summed E-state index contributed by atoms with van der Waals surface area (Å²) in [5, 5.41) is 6.21. The summed E-state index contributed by atoms with van der Waals surface area (Å²) >= 11 is 0. The number of benzene rings is 2. The average molecular weight is 302 g/mol. The van der Waals surface area contributed by atoms with Crippen molar-refractivity contribution in [2.75, 3.05) is 19.0 Å². The van der Waals surface area contributed by atoms with Gasteiger partial charge >= 0.3 is 0 Å². The Hall–Kier alpha value is -2.89. The molecule has 0 atom stereocenters. The van der Waals surface area contributed by atoms with Gasteiger partial charge in [0.05, 0.1) is 13.3 Å². The highest BCUT2D eigenvalue weighted by Crippen LogP contribution is 2.14. The van der Waals surface area contributed by atoms with E-state index in [0.29, 0.717) is 11.4 Å². The van der Waals surface area contributed by atoms with Crippen LogP contribution in [0.2, 0.25) is 0 Å². The molecule has 2 aromatic carbocycles. The van der Waals surface area contributed by atoms with Crippen molar-refractivity contribution in [2.45, 2.75) is 0 Å². The molecule has 0 saturated heterocycles. The van der Waals surface area contributed by atoms with E-state index in [1.165, 1.54) is 24.4 Å². The van der Waals surface area contributed by atoms with Crippen LogP contribution < -0.4 is 10.1 Å². The molecule has 114 valence electrons. The second-order valence-electron chi connectivity index (χ2n) is 4.31. The van der Waals surface area contributed by atoms with Gasteiger partial charge in [-0.1, -0.05) is 23.4 Å². The number of hydrogen-bond acceptors (Lipinski definition) is 4. The number of ether oxygens (including phenoxy) is 1. The highest BCUT2D eigenvalue weighted by atomic mass is 19.1. The van der Waals surface area contributed by atoms with E-state index in [0.717, 1.165) is 5.56 Å². The molecule has 0 aliphatic heterocycles. The van der Waals surface area contributed by atoms with Crippen LogP contribution in [0.4, 0.5) is 10.1 Å². The van der Waals surface area contributed by atoms with Gasteiger partial charge < -0.3 is 14.9 Å². The van der Waals surface area contributed by atoms with Crippen LogP contribution in [0.5, 0.6) is 5.75 Å². The molecule has 0 fully saturated rings. The summed E-state index contributed by atoms with van der Waals surface area (Å²) in [4.78, 5) is 16.5. The molecule has 6 heteroatoms. The van der Waals surface area contributed by atoms with Crippen molar-refractivity contribution in [3.63, 3.8) is 0 Å². The van der Waals surface area contributed by atoms with Gasteiger partial charge in [-0.05, 0) is 30.3 Å². The lowest BCUT2D eigenvalue weighted by Crippen LogP contribution is -2.17. The maximum absolute atomic E-state index is 13.0. The molecule has 0 aliphatic rings. The third-order valence-electron chi connectivity index (χ3n) is 2.71. The minimum Gasteiger partial charge on any atom is -0.496 e. The van der Waals surface area contributed by atoms with Gasteiger partial charge in [-0.25, -0.2) is 4.39 Å². The van der Waals surface area contributed by atoms with Crippen molar-refractivity contribution in [1.29, 1.82) is 0 Å². The van der Waals surface area contributed by atoms with E-state index in [4.69, 9.17) is 9.57 Å². The number of nitrogens with zero attached hydrogens (tertiary/aromatic N) is 1. The van der Waals surface area contributed by atoms with Gasteiger partial charge in [0.25, 0.3) is 5.91 Å². The first-order chi connectivity index (χ1) is 10.7. The molecule has 2 rings (SSSR count). The Bertz CT molecular complexity index is 674. The molecule has 1 N–H and O–H groups in total. The van der Waals surface area contributed by atoms with Crippen molar-refractivity contribution in [2.24, 2.45) is 5.16 Å². The number of methoxy groups -OCH3 is 1. The third kappa shape index (κ3) is 4.59. The summed E-state index contributed by atoms with van der Waals surface area (Å²) in [5.74, 6) is -0.199. The van der Waals surface area contributed by atoms with Crippen LogP contribution in [0, 0.1) is 5.82 Å². The first-order valence-electron chi connectivity index (χ1n) is 6.53. The molecular weight excluding hydrogens is 287 g/mol. The summed E-state index contributed by atoms with van der Waals surface area (Å²) in [7, 11) is 1.56. The molecule has 0 radical (unpaired) electrons. The zero-order valence-electron chi connectivity index (χ0n) is 12.0. The standard InChI is InChI=1S/C16H15FN2O3/c1-21-15-8-3-2-5-12(15)10-18-22-11-16(20)19-14-7-4-6-13(17)9-14/h2-10H,11H2,1H3,(H,19,20)/b18-10-. The summed E-state index contributed by atoms with van der Waals surface area (Å²) in [6, 6.07) is 12.9. The zero-order chi connectivity index (χ0) is 15.8. The van der Waals surface area contributed by atoms with Crippen LogP contribution >= 0.6 is 0 Å². The Balaban J connectivity index is 1.83. The van der Waals surface area contributed by atoms with E-state index in [9.17, 15) is 9.18 Å². The Labute approximate surface area is 127 Å². The van der Waals surface area contributed by atoms with Crippen LogP contribution in [-0.4, -0.2) is 25.8 Å². The largest absolute Gasteiger partial charge is 0.496 e. The highest BCUT2D eigenvalue weighted by Gasteiger charge is 2.03. The SMILES string of the molecule is COc1ccccc1/C=N\OCC(=O)Nc1cccc(F)c1. The molecule has 1 amide bonds. The fraction of sp³-hybridized carbons (Fsp3) is 0.125. The molecule has 0 unspecified atom stereocenters. The number of anilines is 1. The van der Waals surface area contributed by atoms with E-state index in [-0.39, 0.29) is 6.61 Å². The fourth-order valence-electron chi connectivity index (χ4n) is 1.73. The second kappa shape index (κ2) is 7.78. The van der Waals surface area contributed by atoms with Crippen LogP contribution in [0.15, 0.2) is 53.7 Å². The number of nitrogens with one attached hydrogen (secondary N) is 1. The lowest BCUT2D eigenvalue weighted by molar-refractivity contribution is -0.120. The van der Waals surface area contributed by atoms with E-state index in [1.54, 1.807) is 25.3 Å². The van der Waals surface area contributed by atoms with Crippen molar-refractivity contribution in [3.05, 3.63) is 59.9 Å². The van der Waals surface area contributed by atoms with Gasteiger partial charge in [-0.2, -0.15) is 0 Å². The topological polar surface area (TPSA) is 59.9 Å². The highest BCUT2D eigenvalue weighted by molar-refractivity contribution is 5.91. The summed E-state index contributed by atoms with van der Waals surface area (Å²) < 4.78 is 18.1. The van der Waals surface area contributed by atoms with Gasteiger partial charge in [0.2, 0.25) is 0 Å². The number of halogens is 1. The average Bonchev–Trinajstić information content (AvgIpc) is 2.52. The molecule has 0 spiro atoms. The molecule has 0 aromatic heterocycles. The van der Waals surface area contributed by atoms with E-state index in [1.807, 2.05) is 12.1 Å². The lowest BCUT2D eigenvalue weighted by Gasteiger charge is -2.04. The van der Waals surface area contributed by atoms with Gasteiger partial charge in [-0.3, -0.25) is 4.79 Å². The third-order valence-corrected chi connectivity index (χ3v) is 2.71. The lowest BCUT2D eigenvalue weighted by atomic mass is 10.2. The van der Waals surface area contributed by atoms with Crippen LogP contribution in [0.3, 0.4) is 0 Å². The maximum atomic E-state index is 13.0. The quantitative estimate of drug-likeness (QED) is 0.659. The number of amides is 1. The molecule has 2 aromatic rings. The normalized spacial score (nSPS) is 10.5. The molecule has 22 heavy (non-hydrogen) atoms. The Morgan fingerprint density at radius 1 is 1.27 bits per heavy atom. The van der Waals surface area contributed by atoms with Crippen molar-refractivity contribution < 1.29 is 18.8 Å². The van der Waals surface area contributed by atoms with Crippen molar-refractivity contribution in [3.8, 4) is 5.75 Å². The van der Waals surface area contributed by atoms with Gasteiger partial charge in [-0.15, -0.1) is 0 Å². The van der Waals surface area contributed by atoms with Crippen molar-refractivity contribution >= 4 is 17.8 Å². The Morgan fingerprint density at radius 3 is 2.86 bits per heavy atom. The number of oxime groups is 1. The summed E-state index contributed by atoms with van der Waals surface area (Å²) in [6.45, 7) is -0.276. The van der Waals surface area contributed by atoms with Gasteiger partial charge in [0.1, 0.15) is 11.6 Å². The zero-order valence-corrected chi connectivity index (χ0v) is 12.0. The first kappa shape index (κ1) is 15.5. The van der Waals surface area contributed by atoms with Crippen LogP contribution in [0.1, 0.15) is 5.56 Å². The minimum absolute atomic E-state index is 0.276. The maximum Gasteiger partial charge on any atom is 0.265 e. The number of rotatable bonds is 6. The predicted octanol–water partition coefficient (Wildman–Crippen LogP) is 2.82. The monoisotopic (exact) mass is 302 g/mol. The van der Waals surface area contributed by atoms with Gasteiger partial charge in [0.15, 0.2) is 6.61 Å². The summed E-state index contributed by atoms with van der Waals surface area (Å²) in [6.07, 6.45) is 1.45. The van der Waals surface area contributed by atoms with E-state index < -0.39 is 11.7 Å². The van der Waals surface area contributed by atoms with Crippen LogP contribution in [-0.2, 0) is 9.63 Å². The molecular formula is C16H15FN2O3. The molecule has 0 saturated carbocycles. The Kier molecular flexibility index (Phi) is 5.48. The van der Waals surface area contributed by atoms with E-state index >= 15 is 0 Å². The molecule has 0 bridgehead atoms. The molecule has 0 heterocycles. The van der Waals surface area contributed by atoms with Crippen molar-refractivity contribution in [1.82, 2.24) is 0 Å². The first-order valence-corrected chi connectivity index (χ1v) is 6.53. The molecule has 0 aliphatic carbocycles. The number of carbonyl (C=O) groups excluding carboxylic acids is 1. The second-order valence-corrected chi connectivity index (χ2v) is 4.31. The van der Waals surface area contributed by atoms with Crippen LogP contribution in [0.25, 0.3) is 0 Å². The number of carbonyl (C=O) groups is 1. The number of para-hydroxylation sites is 1. The smallest absolute Gasteiger partial charge is 0.265 e. The Morgan fingerprint density at radius 2 is 2.09 bits per heavy atom. The van der Waals surface area contributed by atoms with Gasteiger partial charge in [0, 0.05) is 11.3 Å². The number of hydrogen-bond donors (Lipinski definition) is 1. The van der Waals surface area contributed by atoms with E-state index in [2.05, 4.69) is 10.5 Å². The predicted molar refractivity (Wildman–Crippen MR) is 81.6 cm³/mol. The minimum atomic E-state index is -0.428.